The lowest BCUT2D eigenvalue weighted by molar-refractivity contribution is 0.101. The minimum absolute atomic E-state index is 0.0358. The van der Waals surface area contributed by atoms with Crippen molar-refractivity contribution in [3.8, 4) is 0 Å². The van der Waals surface area contributed by atoms with E-state index in [2.05, 4.69) is 20.9 Å². The van der Waals surface area contributed by atoms with Gasteiger partial charge in [0, 0.05) is 41.5 Å². The zero-order chi connectivity index (χ0) is 22.1. The lowest BCUT2D eigenvalue weighted by Crippen LogP contribution is -2.37. The number of nitrogens with one attached hydrogen (secondary N) is 3. The largest absolute Gasteiger partial charge is 0.378 e. The van der Waals surface area contributed by atoms with Crippen molar-refractivity contribution in [1.29, 1.82) is 0 Å². The fourth-order valence-electron chi connectivity index (χ4n) is 4.93. The summed E-state index contributed by atoms with van der Waals surface area (Å²) in [6.07, 6.45) is 5.18. The van der Waals surface area contributed by atoms with Crippen molar-refractivity contribution in [2.24, 2.45) is 0 Å². The minimum Gasteiger partial charge on any atom is -0.378 e. The quantitative estimate of drug-likeness (QED) is 0.576. The van der Waals surface area contributed by atoms with Gasteiger partial charge >= 0.3 is 6.03 Å². The smallest absolute Gasteiger partial charge is 0.320 e. The predicted molar refractivity (Wildman–Crippen MR) is 130 cm³/mol. The molecule has 0 atom stereocenters. The maximum atomic E-state index is 12.9. The zero-order valence-corrected chi connectivity index (χ0v) is 20.1. The summed E-state index contributed by atoms with van der Waals surface area (Å²) in [7, 11) is 0. The highest BCUT2D eigenvalue weighted by atomic mass is 32.1. The number of hydrogen-bond donors (Lipinski definition) is 3. The average Bonchev–Trinajstić information content (AvgIpc) is 3.36. The van der Waals surface area contributed by atoms with E-state index < -0.39 is 0 Å². The summed E-state index contributed by atoms with van der Waals surface area (Å²) in [6.45, 7) is 7.20. The third-order valence-electron chi connectivity index (χ3n) is 6.49. The van der Waals surface area contributed by atoms with Gasteiger partial charge in [0.25, 0.3) is 0 Å². The molecule has 1 aliphatic carbocycles. The number of Topliss-reactive ketones (excluding diaryl/α,β-unsaturated/α-hetero) is 1. The number of morpholine rings is 1. The van der Waals surface area contributed by atoms with Gasteiger partial charge in [-0.3, -0.25) is 10.1 Å². The first-order chi connectivity index (χ1) is 15.6. The van der Waals surface area contributed by atoms with Crippen LogP contribution in [0.15, 0.2) is 0 Å². The van der Waals surface area contributed by atoms with Gasteiger partial charge in [0.15, 0.2) is 5.78 Å². The molecule has 2 aliphatic heterocycles. The molecule has 9 heteroatoms. The number of thiophene rings is 2. The number of rotatable bonds is 5. The molecule has 172 valence electrons. The monoisotopic (exact) mass is 474 g/mol. The number of urea groups is 1. The van der Waals surface area contributed by atoms with Crippen molar-refractivity contribution < 1.29 is 14.3 Å². The molecule has 4 heterocycles. The Morgan fingerprint density at radius 2 is 1.88 bits per heavy atom. The summed E-state index contributed by atoms with van der Waals surface area (Å²) < 4.78 is 5.54. The molecule has 0 aromatic carbocycles. The molecule has 1 saturated heterocycles. The van der Waals surface area contributed by atoms with Gasteiger partial charge in [0.2, 0.25) is 0 Å². The Kier molecular flexibility index (Phi) is 6.50. The van der Waals surface area contributed by atoms with E-state index in [-0.39, 0.29) is 11.8 Å². The third kappa shape index (κ3) is 4.31. The zero-order valence-electron chi connectivity index (χ0n) is 18.5. The molecule has 2 aromatic rings. The van der Waals surface area contributed by atoms with E-state index in [1.807, 2.05) is 11.3 Å². The van der Waals surface area contributed by atoms with Gasteiger partial charge in [-0.15, -0.1) is 22.7 Å². The van der Waals surface area contributed by atoms with E-state index in [0.29, 0.717) is 17.1 Å². The van der Waals surface area contributed by atoms with E-state index >= 15 is 0 Å². The Hall–Kier alpha value is -1.94. The van der Waals surface area contributed by atoms with Crippen LogP contribution in [0.3, 0.4) is 0 Å². The summed E-state index contributed by atoms with van der Waals surface area (Å²) in [4.78, 5) is 30.2. The second-order valence-electron chi connectivity index (χ2n) is 8.59. The number of carbonyl (C=O) groups is 2. The molecular formula is C23H30N4O3S2. The summed E-state index contributed by atoms with van der Waals surface area (Å²) in [5.41, 5.74) is 4.48. The summed E-state index contributed by atoms with van der Waals surface area (Å²) in [5.74, 6) is 0.0358. The molecule has 0 radical (unpaired) electrons. The molecule has 7 nitrogen and oxygen atoms in total. The Balaban J connectivity index is 1.33. The van der Waals surface area contributed by atoms with Crippen molar-refractivity contribution in [2.45, 2.75) is 52.1 Å². The van der Waals surface area contributed by atoms with Crippen molar-refractivity contribution in [2.75, 3.05) is 43.1 Å². The van der Waals surface area contributed by atoms with Crippen LogP contribution in [-0.2, 0) is 37.1 Å². The number of hydrogen-bond acceptors (Lipinski definition) is 7. The highest BCUT2D eigenvalue weighted by Gasteiger charge is 2.27. The van der Waals surface area contributed by atoms with Crippen LogP contribution < -0.4 is 20.9 Å². The van der Waals surface area contributed by atoms with Crippen molar-refractivity contribution in [3.63, 3.8) is 0 Å². The average molecular weight is 475 g/mol. The van der Waals surface area contributed by atoms with Gasteiger partial charge in [-0.25, -0.2) is 4.79 Å². The standard InChI is InChI=1S/C23H30N4O3S2/c1-14(28)20-16-4-2-3-5-18(16)31-21(20)26-23(29)25-12-17-15-6-7-24-13-19(15)32-22(17)27-8-10-30-11-9-27/h24H,2-13H2,1H3,(H2,25,26,29). The Morgan fingerprint density at radius 3 is 2.69 bits per heavy atom. The number of anilines is 2. The van der Waals surface area contributed by atoms with Crippen molar-refractivity contribution in [1.82, 2.24) is 10.6 Å². The maximum Gasteiger partial charge on any atom is 0.320 e. The summed E-state index contributed by atoms with van der Waals surface area (Å²) in [5, 5.41) is 11.5. The molecule has 0 bridgehead atoms. The van der Waals surface area contributed by atoms with Crippen LogP contribution in [0.5, 0.6) is 0 Å². The second-order valence-corrected chi connectivity index (χ2v) is 10.8. The first-order valence-electron chi connectivity index (χ1n) is 11.5. The first kappa shape index (κ1) is 21.9. The number of nitrogens with zero attached hydrogens (tertiary/aromatic N) is 1. The van der Waals surface area contributed by atoms with Crippen LogP contribution in [-0.4, -0.2) is 44.7 Å². The number of aryl methyl sites for hydroxylation is 1. The molecule has 32 heavy (non-hydrogen) atoms. The molecule has 2 amide bonds. The lowest BCUT2D eigenvalue weighted by Gasteiger charge is -2.29. The van der Waals surface area contributed by atoms with Crippen molar-refractivity contribution in [3.05, 3.63) is 32.0 Å². The lowest BCUT2D eigenvalue weighted by atomic mass is 9.94. The maximum absolute atomic E-state index is 12.9. The van der Waals surface area contributed by atoms with Gasteiger partial charge in [-0.1, -0.05) is 0 Å². The molecule has 0 unspecified atom stereocenters. The fraction of sp³-hybridized carbons (Fsp3) is 0.565. The molecule has 5 rings (SSSR count). The first-order valence-corrected chi connectivity index (χ1v) is 13.1. The SMILES string of the molecule is CC(=O)c1c(NC(=O)NCc2c(N3CCOCC3)sc3c2CCNC3)sc2c1CCCC2. The number of ether oxygens (including phenoxy) is 1. The number of ketones is 1. The van der Waals surface area contributed by atoms with E-state index in [1.54, 1.807) is 18.3 Å². The predicted octanol–water partition coefficient (Wildman–Crippen LogP) is 3.70. The topological polar surface area (TPSA) is 82.7 Å². The highest BCUT2D eigenvalue weighted by Crippen LogP contribution is 2.39. The van der Waals surface area contributed by atoms with E-state index in [4.69, 9.17) is 4.74 Å². The second kappa shape index (κ2) is 9.51. The van der Waals surface area contributed by atoms with Gasteiger partial charge in [-0.2, -0.15) is 0 Å². The normalized spacial score (nSPS) is 18.1. The van der Waals surface area contributed by atoms with Crippen LogP contribution in [0.2, 0.25) is 0 Å². The van der Waals surface area contributed by atoms with Crippen molar-refractivity contribution >= 4 is 44.5 Å². The van der Waals surface area contributed by atoms with Crippen LogP contribution in [0.4, 0.5) is 14.8 Å². The molecule has 2 aromatic heterocycles. The number of amides is 2. The van der Waals surface area contributed by atoms with E-state index in [9.17, 15) is 9.59 Å². The molecule has 3 N–H and O–H groups in total. The molecular weight excluding hydrogens is 444 g/mol. The van der Waals surface area contributed by atoms with Gasteiger partial charge in [0.05, 0.1) is 23.8 Å². The fourth-order valence-corrected chi connectivity index (χ4v) is 7.65. The third-order valence-corrected chi connectivity index (χ3v) is 9.03. The number of fused-ring (bicyclic) bond motifs is 2. The number of carbonyl (C=O) groups excluding carboxylic acids is 2. The van der Waals surface area contributed by atoms with Gasteiger partial charge in [0.1, 0.15) is 5.00 Å². The van der Waals surface area contributed by atoms with Gasteiger partial charge < -0.3 is 20.3 Å². The Bertz CT molecular complexity index is 1020. The highest BCUT2D eigenvalue weighted by molar-refractivity contribution is 7.17. The van der Waals surface area contributed by atoms with Crippen LogP contribution in [0.25, 0.3) is 0 Å². The molecule has 3 aliphatic rings. The summed E-state index contributed by atoms with van der Waals surface area (Å²) >= 11 is 3.41. The molecule has 0 saturated carbocycles. The van der Waals surface area contributed by atoms with Crippen LogP contribution in [0, 0.1) is 0 Å². The summed E-state index contributed by atoms with van der Waals surface area (Å²) in [6, 6.07) is -0.243. The minimum atomic E-state index is -0.243. The van der Waals surface area contributed by atoms with Crippen LogP contribution >= 0.6 is 22.7 Å². The molecule has 0 spiro atoms. The van der Waals surface area contributed by atoms with E-state index in [0.717, 1.165) is 77.1 Å². The van der Waals surface area contributed by atoms with Gasteiger partial charge in [-0.05, 0) is 56.7 Å². The Morgan fingerprint density at radius 1 is 1.06 bits per heavy atom. The van der Waals surface area contributed by atoms with E-state index in [1.165, 1.54) is 25.9 Å². The Labute approximate surface area is 196 Å². The van der Waals surface area contributed by atoms with Crippen LogP contribution in [0.1, 0.15) is 56.6 Å². The molecule has 1 fully saturated rings.